The Morgan fingerprint density at radius 1 is 1.12 bits per heavy atom. The van der Waals surface area contributed by atoms with Crippen LogP contribution in [0.1, 0.15) is 54.2 Å². The summed E-state index contributed by atoms with van der Waals surface area (Å²) < 4.78 is 3.58. The molecule has 0 spiro atoms. The second-order valence-electron chi connectivity index (χ2n) is 8.65. The first kappa shape index (κ1) is 23.0. The Hall–Kier alpha value is -3.13. The number of hydrogen-bond acceptors (Lipinski definition) is 5. The predicted octanol–water partition coefficient (Wildman–Crippen LogP) is 4.50. The predicted molar refractivity (Wildman–Crippen MR) is 133 cm³/mol. The molecule has 2 heterocycles. The largest absolute Gasteiger partial charge is 0.350 e. The third kappa shape index (κ3) is 4.53. The van der Waals surface area contributed by atoms with Gasteiger partial charge in [-0.15, -0.1) is 10.2 Å². The number of nitrogens with one attached hydrogen (secondary N) is 1. The van der Waals surface area contributed by atoms with Crippen molar-refractivity contribution in [3.8, 4) is 0 Å². The summed E-state index contributed by atoms with van der Waals surface area (Å²) in [5.74, 6) is 1.06. The number of rotatable bonds is 7. The maximum atomic E-state index is 13.2. The van der Waals surface area contributed by atoms with E-state index in [-0.39, 0.29) is 17.5 Å². The van der Waals surface area contributed by atoms with Crippen LogP contribution in [0.25, 0.3) is 16.7 Å². The van der Waals surface area contributed by atoms with Crippen LogP contribution < -0.4 is 10.9 Å². The third-order valence-electron chi connectivity index (χ3n) is 5.56. The van der Waals surface area contributed by atoms with Crippen LogP contribution in [0.2, 0.25) is 0 Å². The van der Waals surface area contributed by atoms with Crippen molar-refractivity contribution in [2.45, 2.75) is 64.5 Å². The lowest BCUT2D eigenvalue weighted by molar-refractivity contribution is 0.0943. The molecule has 2 aromatic heterocycles. The molecular weight excluding hydrogens is 434 g/mol. The summed E-state index contributed by atoms with van der Waals surface area (Å²) in [6, 6.07) is 11.6. The molecule has 172 valence electrons. The summed E-state index contributed by atoms with van der Waals surface area (Å²) in [5.41, 5.74) is 4.71. The standard InChI is InChI=1S/C25H29N5O2S/c1-6-11-29-23(32)20-10-9-18(22(31)26-15(2)3)13-21(20)30-24(29)27-28-25(30)33-14-19-12-16(4)7-8-17(19)5/h7-10,12-13,15H,6,11,14H2,1-5H3,(H,26,31). The molecule has 0 saturated carbocycles. The quantitative estimate of drug-likeness (QED) is 0.408. The van der Waals surface area contributed by atoms with E-state index in [1.165, 1.54) is 16.7 Å². The van der Waals surface area contributed by atoms with Gasteiger partial charge in [0.25, 0.3) is 11.5 Å². The summed E-state index contributed by atoms with van der Waals surface area (Å²) >= 11 is 1.58. The van der Waals surface area contributed by atoms with Gasteiger partial charge in [-0.2, -0.15) is 0 Å². The zero-order valence-electron chi connectivity index (χ0n) is 19.7. The number of thioether (sulfide) groups is 1. The summed E-state index contributed by atoms with van der Waals surface area (Å²) in [6.07, 6.45) is 0.799. The molecule has 0 unspecified atom stereocenters. The Morgan fingerprint density at radius 3 is 2.64 bits per heavy atom. The SMILES string of the molecule is CCCn1c(=O)c2ccc(C(=O)NC(C)C)cc2n2c(SCc3cc(C)ccc3C)nnc12. The second-order valence-corrected chi connectivity index (χ2v) is 9.60. The zero-order chi connectivity index (χ0) is 23.7. The van der Waals surface area contributed by atoms with Crippen molar-refractivity contribution in [2.24, 2.45) is 0 Å². The van der Waals surface area contributed by atoms with Crippen LogP contribution in [-0.2, 0) is 12.3 Å². The molecule has 0 fully saturated rings. The first-order chi connectivity index (χ1) is 15.8. The van der Waals surface area contributed by atoms with Crippen LogP contribution in [0.15, 0.2) is 46.3 Å². The molecule has 4 rings (SSSR count). The van der Waals surface area contributed by atoms with E-state index in [4.69, 9.17) is 0 Å². The van der Waals surface area contributed by atoms with E-state index in [1.54, 1.807) is 34.5 Å². The molecule has 7 nitrogen and oxygen atoms in total. The number of carbonyl (C=O) groups is 1. The Balaban J connectivity index is 1.87. The van der Waals surface area contributed by atoms with Crippen molar-refractivity contribution in [1.82, 2.24) is 24.5 Å². The maximum Gasteiger partial charge on any atom is 0.262 e. The highest BCUT2D eigenvalue weighted by Gasteiger charge is 2.19. The van der Waals surface area contributed by atoms with Crippen molar-refractivity contribution in [3.63, 3.8) is 0 Å². The van der Waals surface area contributed by atoms with Crippen LogP contribution in [0.4, 0.5) is 0 Å². The average molecular weight is 464 g/mol. The fourth-order valence-corrected chi connectivity index (χ4v) is 4.89. The fraction of sp³-hybridized carbons (Fsp3) is 0.360. The molecule has 1 amide bonds. The van der Waals surface area contributed by atoms with Crippen LogP contribution in [0, 0.1) is 13.8 Å². The first-order valence-corrected chi connectivity index (χ1v) is 12.2. The fourth-order valence-electron chi connectivity index (χ4n) is 3.89. The van der Waals surface area contributed by atoms with Gasteiger partial charge in [-0.05, 0) is 63.4 Å². The average Bonchev–Trinajstić information content (AvgIpc) is 3.20. The van der Waals surface area contributed by atoms with E-state index < -0.39 is 0 Å². The molecule has 2 aromatic carbocycles. The van der Waals surface area contributed by atoms with Crippen LogP contribution >= 0.6 is 11.8 Å². The summed E-state index contributed by atoms with van der Waals surface area (Å²) in [6.45, 7) is 10.6. The number of aromatic nitrogens is 4. The smallest absolute Gasteiger partial charge is 0.262 e. The van der Waals surface area contributed by atoms with E-state index >= 15 is 0 Å². The molecular formula is C25H29N5O2S. The second kappa shape index (κ2) is 9.39. The van der Waals surface area contributed by atoms with Gasteiger partial charge in [-0.25, -0.2) is 0 Å². The maximum absolute atomic E-state index is 13.2. The molecule has 8 heteroatoms. The van der Waals surface area contributed by atoms with Gasteiger partial charge < -0.3 is 5.32 Å². The van der Waals surface area contributed by atoms with Gasteiger partial charge in [0.15, 0.2) is 5.16 Å². The molecule has 0 saturated heterocycles. The van der Waals surface area contributed by atoms with Crippen molar-refractivity contribution in [1.29, 1.82) is 0 Å². The lowest BCUT2D eigenvalue weighted by atomic mass is 10.1. The van der Waals surface area contributed by atoms with Crippen molar-refractivity contribution < 1.29 is 4.79 Å². The molecule has 0 bridgehead atoms. The molecule has 33 heavy (non-hydrogen) atoms. The van der Waals surface area contributed by atoms with Gasteiger partial charge in [0.2, 0.25) is 5.78 Å². The van der Waals surface area contributed by atoms with Crippen molar-refractivity contribution >= 4 is 34.3 Å². The lowest BCUT2D eigenvalue weighted by Crippen LogP contribution is -2.30. The number of hydrogen-bond donors (Lipinski definition) is 1. The molecule has 0 atom stereocenters. The molecule has 4 aromatic rings. The summed E-state index contributed by atoms with van der Waals surface area (Å²) in [7, 11) is 0. The number of aryl methyl sites for hydroxylation is 3. The van der Waals surface area contributed by atoms with Crippen LogP contribution in [0.5, 0.6) is 0 Å². The van der Waals surface area contributed by atoms with Crippen LogP contribution in [-0.4, -0.2) is 31.1 Å². The highest BCUT2D eigenvalue weighted by Crippen LogP contribution is 2.27. The Kier molecular flexibility index (Phi) is 6.56. The van der Waals surface area contributed by atoms with E-state index in [9.17, 15) is 9.59 Å². The van der Waals surface area contributed by atoms with E-state index in [2.05, 4.69) is 47.6 Å². The molecule has 0 radical (unpaired) electrons. The summed E-state index contributed by atoms with van der Waals surface area (Å²) in [4.78, 5) is 25.9. The van der Waals surface area contributed by atoms with E-state index in [0.29, 0.717) is 33.9 Å². The molecule has 0 aliphatic heterocycles. The van der Waals surface area contributed by atoms with Crippen molar-refractivity contribution in [3.05, 3.63) is 69.0 Å². The van der Waals surface area contributed by atoms with Gasteiger partial charge in [0, 0.05) is 23.9 Å². The van der Waals surface area contributed by atoms with Gasteiger partial charge in [0.05, 0.1) is 10.9 Å². The Labute approximate surface area is 197 Å². The van der Waals surface area contributed by atoms with Gasteiger partial charge in [-0.1, -0.05) is 42.4 Å². The van der Waals surface area contributed by atoms with E-state index in [1.807, 2.05) is 25.2 Å². The minimum atomic E-state index is -0.171. The zero-order valence-corrected chi connectivity index (χ0v) is 20.5. The molecule has 0 aliphatic carbocycles. The molecule has 0 aliphatic rings. The monoisotopic (exact) mass is 463 g/mol. The number of carbonyl (C=O) groups excluding carboxylic acids is 1. The van der Waals surface area contributed by atoms with Gasteiger partial charge in [0.1, 0.15) is 0 Å². The minimum Gasteiger partial charge on any atom is -0.350 e. The number of benzene rings is 2. The molecule has 1 N–H and O–H groups in total. The van der Waals surface area contributed by atoms with Crippen LogP contribution in [0.3, 0.4) is 0 Å². The number of fused-ring (bicyclic) bond motifs is 3. The first-order valence-electron chi connectivity index (χ1n) is 11.2. The van der Waals surface area contributed by atoms with Crippen molar-refractivity contribution in [2.75, 3.05) is 0 Å². The third-order valence-corrected chi connectivity index (χ3v) is 6.54. The minimum absolute atomic E-state index is 0.0179. The Morgan fingerprint density at radius 2 is 1.91 bits per heavy atom. The van der Waals surface area contributed by atoms with Gasteiger partial charge in [-0.3, -0.25) is 18.6 Å². The highest BCUT2D eigenvalue weighted by molar-refractivity contribution is 7.98. The topological polar surface area (TPSA) is 81.3 Å². The number of amides is 1. The summed E-state index contributed by atoms with van der Waals surface area (Å²) in [5, 5.41) is 13.0. The lowest BCUT2D eigenvalue weighted by Gasteiger charge is -2.13. The van der Waals surface area contributed by atoms with Gasteiger partial charge >= 0.3 is 0 Å². The van der Waals surface area contributed by atoms with E-state index in [0.717, 1.165) is 12.2 Å². The normalized spacial score (nSPS) is 11.6. The Bertz CT molecular complexity index is 1400. The highest BCUT2D eigenvalue weighted by atomic mass is 32.2. The number of nitrogens with zero attached hydrogens (tertiary/aromatic N) is 4.